The fourth-order valence-electron chi connectivity index (χ4n) is 11.4. The number of rotatable bonds is 7. The van der Waals surface area contributed by atoms with Gasteiger partial charge < -0.3 is 9.13 Å². The molecule has 69 heavy (non-hydrogen) atoms. The van der Waals surface area contributed by atoms with Crippen molar-refractivity contribution in [2.45, 2.75) is 0 Å². The molecule has 2 nitrogen and oxygen atoms in total. The van der Waals surface area contributed by atoms with Crippen molar-refractivity contribution in [3.05, 3.63) is 200 Å². The molecule has 10 aromatic carbocycles. The summed E-state index contributed by atoms with van der Waals surface area (Å²) in [6.45, 7) is 0. The number of hydrogen-bond donors (Lipinski definition) is 0. The van der Waals surface area contributed by atoms with Crippen molar-refractivity contribution < 1.29 is 0 Å². The molecule has 0 aliphatic rings. The Balaban J connectivity index is 1.06. The monoisotopic (exact) mass is 872 g/mol. The van der Waals surface area contributed by atoms with Crippen LogP contribution in [-0.4, -0.2) is 64.1 Å². The number of hydrogen-bond acceptors (Lipinski definition) is 0. The van der Waals surface area contributed by atoms with Gasteiger partial charge in [-0.05, 0) is 103 Å². The van der Waals surface area contributed by atoms with E-state index in [-0.39, 0.29) is 0 Å². The van der Waals surface area contributed by atoms with Gasteiger partial charge in [-0.15, -0.1) is 5.46 Å². The van der Waals surface area contributed by atoms with Crippen LogP contribution < -0.4 is 38.2 Å². The molecule has 0 saturated heterocycles. The van der Waals surface area contributed by atoms with E-state index in [2.05, 4.69) is 264 Å². The topological polar surface area (TPSA) is 9.86 Å². The molecule has 0 aliphatic heterocycles. The van der Waals surface area contributed by atoms with E-state index in [0.29, 0.717) is 0 Å². The van der Waals surface area contributed by atoms with Crippen molar-refractivity contribution in [1.29, 1.82) is 0 Å². The van der Waals surface area contributed by atoms with Crippen molar-refractivity contribution in [1.82, 2.24) is 9.13 Å². The van der Waals surface area contributed by atoms with Gasteiger partial charge >= 0.3 is 0 Å². The molecule has 0 aliphatic carbocycles. The summed E-state index contributed by atoms with van der Waals surface area (Å²) in [5.74, 6) is 0. The third-order valence-corrected chi connectivity index (χ3v) is 15.5. The molecule has 0 radical (unpaired) electrons. The summed E-state index contributed by atoms with van der Waals surface area (Å²) < 4.78 is 5.03. The van der Waals surface area contributed by atoms with Crippen LogP contribution in [0.15, 0.2) is 200 Å². The van der Waals surface area contributed by atoms with Crippen LogP contribution in [0, 0.1) is 0 Å². The van der Waals surface area contributed by atoms with Crippen molar-refractivity contribution in [2.75, 3.05) is 0 Å². The van der Waals surface area contributed by atoms with E-state index in [4.69, 9.17) is 0 Å². The van der Waals surface area contributed by atoms with Gasteiger partial charge in [0.05, 0.1) is 11.0 Å². The Morgan fingerprint density at radius 3 is 1.16 bits per heavy atom. The van der Waals surface area contributed by atoms with Crippen LogP contribution in [0.4, 0.5) is 0 Å². The standard InChI is InChI=1S/C60H47B7N2/c61-52-49(53(62)57(66)59-50(52)51-54(63)55(64)56(65)58(67)60(51)69(59)44-28-22-39(23-29-44)36-14-8-3-9-15-36)42-25-31-47-46(32-42)45-30-24-41(40-18-16-37(17-19-40)34-10-4-1-5-11-34)33-48(45)68(47)43-26-20-38(21-27-43)35-12-6-2-7-13-35/h1-33H,61-67H2. The molecule has 0 fully saturated rings. The van der Waals surface area contributed by atoms with E-state index in [1.807, 2.05) is 0 Å². The normalized spacial score (nSPS) is 11.6. The first-order valence-electron chi connectivity index (χ1n) is 24.3. The molecule has 0 bridgehead atoms. The van der Waals surface area contributed by atoms with Crippen molar-refractivity contribution in [3.63, 3.8) is 0 Å². The van der Waals surface area contributed by atoms with E-state index >= 15 is 0 Å². The van der Waals surface area contributed by atoms with Gasteiger partial charge in [0.15, 0.2) is 0 Å². The average molecular weight is 872 g/mol. The highest BCUT2D eigenvalue weighted by atomic mass is 15.0. The lowest BCUT2D eigenvalue weighted by molar-refractivity contribution is 1.18. The predicted molar refractivity (Wildman–Crippen MR) is 320 cm³/mol. The molecule has 0 spiro atoms. The fraction of sp³-hybridized carbons (Fsp3) is 0. The predicted octanol–water partition coefficient (Wildman–Crippen LogP) is 4.02. The van der Waals surface area contributed by atoms with Gasteiger partial charge in [0, 0.05) is 38.6 Å². The third kappa shape index (κ3) is 6.89. The maximum absolute atomic E-state index is 2.57. The van der Waals surface area contributed by atoms with Gasteiger partial charge in [-0.3, -0.25) is 0 Å². The molecular formula is C60H47B7N2. The largest absolute Gasteiger partial charge is 0.310 e. The van der Waals surface area contributed by atoms with E-state index in [9.17, 15) is 0 Å². The highest BCUT2D eigenvalue weighted by molar-refractivity contribution is 6.69. The lowest BCUT2D eigenvalue weighted by atomic mass is 9.64. The van der Waals surface area contributed by atoms with Gasteiger partial charge in [0.25, 0.3) is 0 Å². The molecule has 0 atom stereocenters. The SMILES string of the molecule is Bc1c(B)c(B)c2c(c1B)c1c(B)c(-c3ccc4c(c3)c3ccc(-c5ccc(-c6ccccc6)cc5)cc3n4-c3ccc(-c4ccccc4)cc3)c(B)c(B)c1n2-c1ccc(-c2ccccc2)cc1. The van der Waals surface area contributed by atoms with Crippen molar-refractivity contribution >= 4 is 137 Å². The molecule has 2 heterocycles. The Morgan fingerprint density at radius 2 is 0.638 bits per heavy atom. The van der Waals surface area contributed by atoms with E-state index in [1.165, 1.54) is 143 Å². The van der Waals surface area contributed by atoms with Crippen LogP contribution >= 0.6 is 0 Å². The molecule has 12 rings (SSSR count). The maximum atomic E-state index is 2.57. The lowest BCUT2D eigenvalue weighted by Gasteiger charge is -2.19. The molecule has 2 aromatic heterocycles. The van der Waals surface area contributed by atoms with Crippen LogP contribution in [0.5, 0.6) is 0 Å². The van der Waals surface area contributed by atoms with Crippen LogP contribution in [0.25, 0.3) is 111 Å². The lowest BCUT2D eigenvalue weighted by Crippen LogP contribution is -2.48. The minimum Gasteiger partial charge on any atom is -0.310 e. The zero-order valence-corrected chi connectivity index (χ0v) is 40.4. The number of benzene rings is 10. The van der Waals surface area contributed by atoms with Gasteiger partial charge in [-0.1, -0.05) is 191 Å². The quantitative estimate of drug-likeness (QED) is 0.215. The highest BCUT2D eigenvalue weighted by Crippen LogP contribution is 2.39. The van der Waals surface area contributed by atoms with Crippen LogP contribution in [-0.2, 0) is 0 Å². The summed E-state index contributed by atoms with van der Waals surface area (Å²) in [7, 11) is 16.3. The van der Waals surface area contributed by atoms with E-state index in [1.54, 1.807) is 0 Å². The minimum absolute atomic E-state index is 1.14. The van der Waals surface area contributed by atoms with Gasteiger partial charge in [0.1, 0.15) is 54.9 Å². The fourth-order valence-corrected chi connectivity index (χ4v) is 11.4. The summed E-state index contributed by atoms with van der Waals surface area (Å²) in [6.07, 6.45) is 0. The Morgan fingerprint density at radius 1 is 0.246 bits per heavy atom. The second-order valence-corrected chi connectivity index (χ2v) is 19.1. The zero-order chi connectivity index (χ0) is 47.1. The number of fused-ring (bicyclic) bond motifs is 6. The van der Waals surface area contributed by atoms with Crippen LogP contribution in [0.3, 0.4) is 0 Å². The summed E-state index contributed by atoms with van der Waals surface area (Å²) >= 11 is 0. The first-order chi connectivity index (χ1) is 33.7. The van der Waals surface area contributed by atoms with E-state index in [0.717, 1.165) is 5.69 Å². The van der Waals surface area contributed by atoms with Crippen LogP contribution in [0.2, 0.25) is 0 Å². The minimum atomic E-state index is 1.14. The molecule has 0 amide bonds. The van der Waals surface area contributed by atoms with Gasteiger partial charge in [-0.25, -0.2) is 0 Å². The van der Waals surface area contributed by atoms with Gasteiger partial charge in [0.2, 0.25) is 0 Å². The Hall–Kier alpha value is -7.75. The second kappa shape index (κ2) is 16.8. The molecule has 12 aromatic rings. The molecule has 0 unspecified atom stereocenters. The first kappa shape index (κ1) is 42.6. The first-order valence-corrected chi connectivity index (χ1v) is 24.3. The number of nitrogens with zero attached hydrogens (tertiary/aromatic N) is 2. The van der Waals surface area contributed by atoms with E-state index < -0.39 is 0 Å². The summed E-state index contributed by atoms with van der Waals surface area (Å²) in [4.78, 5) is 0. The van der Waals surface area contributed by atoms with Crippen molar-refractivity contribution in [2.24, 2.45) is 0 Å². The Kier molecular flexibility index (Phi) is 10.4. The van der Waals surface area contributed by atoms with Gasteiger partial charge in [-0.2, -0.15) is 0 Å². The summed E-state index contributed by atoms with van der Waals surface area (Å²) in [6, 6.07) is 73.5. The zero-order valence-electron chi connectivity index (χ0n) is 40.4. The summed E-state index contributed by atoms with van der Waals surface area (Å²) in [5.41, 5.74) is 29.0. The Labute approximate surface area is 410 Å². The smallest absolute Gasteiger partial charge is 0.141 e. The summed E-state index contributed by atoms with van der Waals surface area (Å²) in [5, 5.41) is 5.20. The molecule has 318 valence electrons. The molecule has 9 heteroatoms. The van der Waals surface area contributed by atoms with Crippen molar-refractivity contribution in [3.8, 4) is 67.0 Å². The molecule has 0 saturated carbocycles. The molecule has 0 N–H and O–H groups in total. The van der Waals surface area contributed by atoms with Crippen LogP contribution in [0.1, 0.15) is 0 Å². The average Bonchev–Trinajstić information content (AvgIpc) is 3.94. The molecular weight excluding hydrogens is 824 g/mol. The third-order valence-electron chi connectivity index (χ3n) is 15.5. The number of aromatic nitrogens is 2. The highest BCUT2D eigenvalue weighted by Gasteiger charge is 2.25. The second-order valence-electron chi connectivity index (χ2n) is 19.1. The Bertz CT molecular complexity index is 3980. The maximum Gasteiger partial charge on any atom is 0.141 e.